The van der Waals surface area contributed by atoms with Crippen LogP contribution in [0, 0.1) is 17.5 Å². The average Bonchev–Trinajstić information content (AvgIpc) is 2.48. The summed E-state index contributed by atoms with van der Waals surface area (Å²) in [6.07, 6.45) is 0. The maximum atomic E-state index is 13.6. The second kappa shape index (κ2) is 7.67. The van der Waals surface area contributed by atoms with Crippen LogP contribution in [0.25, 0.3) is 0 Å². The van der Waals surface area contributed by atoms with Crippen molar-refractivity contribution in [3.8, 4) is 0 Å². The maximum Gasteiger partial charge on any atom is 0.343 e. The third-order valence-corrected chi connectivity index (χ3v) is 3.71. The standard InChI is InChI=1S/C15H8BrClF3NO3/c16-8-4-7(18)5-11(20)14(8)21-12(22)6-24-15(23)13-9(17)2-1-3-10(13)19/h1-5H,6H2,(H,21,22). The molecule has 0 atom stereocenters. The summed E-state index contributed by atoms with van der Waals surface area (Å²) in [7, 11) is 0. The van der Waals surface area contributed by atoms with E-state index in [1.165, 1.54) is 12.1 Å². The molecule has 0 radical (unpaired) electrons. The normalized spacial score (nSPS) is 10.4. The number of nitrogens with one attached hydrogen (secondary N) is 1. The van der Waals surface area contributed by atoms with Crippen molar-refractivity contribution in [3.05, 3.63) is 62.8 Å². The first-order valence-electron chi connectivity index (χ1n) is 6.35. The smallest absolute Gasteiger partial charge is 0.343 e. The first-order chi connectivity index (χ1) is 11.3. The molecule has 24 heavy (non-hydrogen) atoms. The Morgan fingerprint density at radius 3 is 2.50 bits per heavy atom. The molecule has 0 bridgehead atoms. The van der Waals surface area contributed by atoms with Crippen molar-refractivity contribution >= 4 is 45.1 Å². The van der Waals surface area contributed by atoms with Crippen LogP contribution in [0.1, 0.15) is 10.4 Å². The summed E-state index contributed by atoms with van der Waals surface area (Å²) < 4.78 is 44.7. The summed E-state index contributed by atoms with van der Waals surface area (Å²) >= 11 is 8.59. The zero-order chi connectivity index (χ0) is 17.9. The molecule has 0 spiro atoms. The lowest BCUT2D eigenvalue weighted by atomic mass is 10.2. The fourth-order valence-corrected chi connectivity index (χ4v) is 2.48. The van der Waals surface area contributed by atoms with E-state index in [1.54, 1.807) is 0 Å². The second-order valence-corrected chi connectivity index (χ2v) is 5.73. The number of anilines is 1. The van der Waals surface area contributed by atoms with Gasteiger partial charge < -0.3 is 10.1 Å². The number of rotatable bonds is 4. The molecule has 1 amide bonds. The molecule has 0 aliphatic heterocycles. The van der Waals surface area contributed by atoms with Gasteiger partial charge in [0.15, 0.2) is 12.4 Å². The second-order valence-electron chi connectivity index (χ2n) is 4.47. The zero-order valence-electron chi connectivity index (χ0n) is 11.7. The summed E-state index contributed by atoms with van der Waals surface area (Å²) in [5.41, 5.74) is -0.831. The van der Waals surface area contributed by atoms with Gasteiger partial charge in [0, 0.05) is 10.5 Å². The topological polar surface area (TPSA) is 55.4 Å². The molecule has 0 unspecified atom stereocenters. The molecule has 0 aromatic heterocycles. The van der Waals surface area contributed by atoms with Gasteiger partial charge in [0.1, 0.15) is 17.2 Å². The fraction of sp³-hybridized carbons (Fsp3) is 0.0667. The van der Waals surface area contributed by atoms with Crippen molar-refractivity contribution in [2.75, 3.05) is 11.9 Å². The van der Waals surface area contributed by atoms with Crippen LogP contribution in [0.5, 0.6) is 0 Å². The van der Waals surface area contributed by atoms with Crippen LogP contribution in [0.15, 0.2) is 34.8 Å². The number of carbonyl (C=O) groups excluding carboxylic acids is 2. The van der Waals surface area contributed by atoms with E-state index in [2.05, 4.69) is 26.0 Å². The first kappa shape index (κ1) is 18.3. The number of halogens is 5. The molecule has 0 saturated carbocycles. The fourth-order valence-electron chi connectivity index (χ4n) is 1.73. The molecule has 2 rings (SSSR count). The predicted molar refractivity (Wildman–Crippen MR) is 84.4 cm³/mol. The summed E-state index contributed by atoms with van der Waals surface area (Å²) in [6.45, 7) is -0.813. The molecule has 4 nitrogen and oxygen atoms in total. The van der Waals surface area contributed by atoms with Gasteiger partial charge in [-0.15, -0.1) is 0 Å². The number of esters is 1. The van der Waals surface area contributed by atoms with Crippen molar-refractivity contribution < 1.29 is 27.5 Å². The zero-order valence-corrected chi connectivity index (χ0v) is 14.1. The predicted octanol–water partition coefficient (Wildman–Crippen LogP) is 4.32. The minimum atomic E-state index is -1.15. The number of hydrogen-bond donors (Lipinski definition) is 1. The van der Waals surface area contributed by atoms with Crippen LogP contribution in [-0.2, 0) is 9.53 Å². The Balaban J connectivity index is 2.03. The van der Waals surface area contributed by atoms with Gasteiger partial charge >= 0.3 is 5.97 Å². The van der Waals surface area contributed by atoms with E-state index in [1.807, 2.05) is 0 Å². The highest BCUT2D eigenvalue weighted by atomic mass is 79.9. The molecule has 126 valence electrons. The average molecular weight is 423 g/mol. The summed E-state index contributed by atoms with van der Waals surface area (Å²) in [6, 6.07) is 5.12. The summed E-state index contributed by atoms with van der Waals surface area (Å²) in [5.74, 6) is -4.80. The van der Waals surface area contributed by atoms with Crippen molar-refractivity contribution in [1.29, 1.82) is 0 Å². The van der Waals surface area contributed by atoms with Gasteiger partial charge in [-0.05, 0) is 34.1 Å². The largest absolute Gasteiger partial charge is 0.452 e. The Morgan fingerprint density at radius 2 is 1.88 bits per heavy atom. The lowest BCUT2D eigenvalue weighted by Gasteiger charge is -2.10. The molecule has 2 aromatic carbocycles. The van der Waals surface area contributed by atoms with Crippen LogP contribution in [0.2, 0.25) is 5.02 Å². The minimum absolute atomic E-state index is 0.0307. The number of carbonyl (C=O) groups is 2. The highest BCUT2D eigenvalue weighted by molar-refractivity contribution is 9.10. The Morgan fingerprint density at radius 1 is 1.17 bits per heavy atom. The van der Waals surface area contributed by atoms with Gasteiger partial charge in [0.25, 0.3) is 5.91 Å². The van der Waals surface area contributed by atoms with E-state index in [0.29, 0.717) is 6.07 Å². The third kappa shape index (κ3) is 4.27. The highest BCUT2D eigenvalue weighted by Gasteiger charge is 2.19. The summed E-state index contributed by atoms with van der Waals surface area (Å²) in [4.78, 5) is 23.5. The molecule has 0 fully saturated rings. The van der Waals surface area contributed by atoms with Crippen molar-refractivity contribution in [2.45, 2.75) is 0 Å². The minimum Gasteiger partial charge on any atom is -0.452 e. The monoisotopic (exact) mass is 421 g/mol. The van der Waals surface area contributed by atoms with Crippen LogP contribution in [0.4, 0.5) is 18.9 Å². The van der Waals surface area contributed by atoms with E-state index >= 15 is 0 Å². The van der Waals surface area contributed by atoms with Crippen LogP contribution >= 0.6 is 27.5 Å². The highest BCUT2D eigenvalue weighted by Crippen LogP contribution is 2.27. The SMILES string of the molecule is O=C(COC(=O)c1c(F)cccc1Cl)Nc1c(F)cc(F)cc1Br. The Kier molecular flexibility index (Phi) is 5.84. The van der Waals surface area contributed by atoms with Crippen molar-refractivity contribution in [1.82, 2.24) is 0 Å². The Labute approximate surface area is 147 Å². The number of hydrogen-bond acceptors (Lipinski definition) is 3. The molecule has 0 aliphatic rings. The Hall–Kier alpha value is -2.06. The van der Waals surface area contributed by atoms with E-state index < -0.39 is 41.5 Å². The van der Waals surface area contributed by atoms with E-state index in [9.17, 15) is 22.8 Å². The Bertz CT molecular complexity index is 773. The lowest BCUT2D eigenvalue weighted by molar-refractivity contribution is -0.119. The molecular formula is C15H8BrClF3NO3. The molecule has 2 aromatic rings. The summed E-state index contributed by atoms with van der Waals surface area (Å²) in [5, 5.41) is 1.94. The third-order valence-electron chi connectivity index (χ3n) is 2.77. The van der Waals surface area contributed by atoms with E-state index in [-0.39, 0.29) is 15.2 Å². The van der Waals surface area contributed by atoms with Gasteiger partial charge in [-0.25, -0.2) is 18.0 Å². The van der Waals surface area contributed by atoms with Crippen molar-refractivity contribution in [3.63, 3.8) is 0 Å². The number of amides is 1. The molecule has 9 heteroatoms. The number of benzene rings is 2. The number of ether oxygens (including phenoxy) is 1. The molecule has 0 heterocycles. The van der Waals surface area contributed by atoms with E-state index in [0.717, 1.165) is 12.1 Å². The molecule has 1 N–H and O–H groups in total. The van der Waals surface area contributed by atoms with E-state index in [4.69, 9.17) is 11.6 Å². The molecule has 0 saturated heterocycles. The molecule has 0 aliphatic carbocycles. The van der Waals surface area contributed by atoms with Crippen LogP contribution < -0.4 is 5.32 Å². The van der Waals surface area contributed by atoms with Crippen LogP contribution in [-0.4, -0.2) is 18.5 Å². The molecular weight excluding hydrogens is 415 g/mol. The van der Waals surface area contributed by atoms with Gasteiger partial charge in [-0.1, -0.05) is 17.7 Å². The maximum absolute atomic E-state index is 13.6. The van der Waals surface area contributed by atoms with Gasteiger partial charge in [-0.3, -0.25) is 4.79 Å². The van der Waals surface area contributed by atoms with Gasteiger partial charge in [-0.2, -0.15) is 0 Å². The van der Waals surface area contributed by atoms with Crippen LogP contribution in [0.3, 0.4) is 0 Å². The lowest BCUT2D eigenvalue weighted by Crippen LogP contribution is -2.22. The van der Waals surface area contributed by atoms with Crippen molar-refractivity contribution in [2.24, 2.45) is 0 Å². The van der Waals surface area contributed by atoms with Gasteiger partial charge in [0.2, 0.25) is 0 Å². The first-order valence-corrected chi connectivity index (χ1v) is 7.52. The quantitative estimate of drug-likeness (QED) is 0.747. The van der Waals surface area contributed by atoms with Gasteiger partial charge in [0.05, 0.1) is 10.7 Å².